The van der Waals surface area contributed by atoms with Gasteiger partial charge in [0.1, 0.15) is 5.82 Å². The van der Waals surface area contributed by atoms with E-state index in [1.165, 1.54) is 23.3 Å². The number of piperidine rings is 1. The Hall–Kier alpha value is -2.20. The summed E-state index contributed by atoms with van der Waals surface area (Å²) in [6.07, 6.45) is 1.68. The minimum Gasteiger partial charge on any atom is -0.326 e. The summed E-state index contributed by atoms with van der Waals surface area (Å²) in [5.41, 5.74) is 3.11. The summed E-state index contributed by atoms with van der Waals surface area (Å²) in [7, 11) is 0. The predicted molar refractivity (Wildman–Crippen MR) is 94.2 cm³/mol. The Morgan fingerprint density at radius 2 is 1.88 bits per heavy atom. The number of amides is 1. The number of hydrogen-bond donors (Lipinski definition) is 1. The van der Waals surface area contributed by atoms with E-state index in [4.69, 9.17) is 0 Å². The monoisotopic (exact) mass is 326 g/mol. The first kappa shape index (κ1) is 16.7. The molecule has 2 aromatic carbocycles. The van der Waals surface area contributed by atoms with Gasteiger partial charge in [0, 0.05) is 18.2 Å². The third-order valence-electron chi connectivity index (χ3n) is 4.58. The van der Waals surface area contributed by atoms with Crippen molar-refractivity contribution in [2.45, 2.75) is 26.3 Å². The zero-order chi connectivity index (χ0) is 16.9. The van der Waals surface area contributed by atoms with Crippen LogP contribution in [0.25, 0.3) is 0 Å². The van der Waals surface area contributed by atoms with Gasteiger partial charge in [0.2, 0.25) is 5.91 Å². The quantitative estimate of drug-likeness (QED) is 0.921. The lowest BCUT2D eigenvalue weighted by atomic mass is 9.95. The van der Waals surface area contributed by atoms with E-state index in [2.05, 4.69) is 41.4 Å². The van der Waals surface area contributed by atoms with Gasteiger partial charge in [-0.3, -0.25) is 9.69 Å². The second kappa shape index (κ2) is 7.58. The number of carbonyl (C=O) groups is 1. The van der Waals surface area contributed by atoms with Crippen LogP contribution in [0.1, 0.15) is 24.0 Å². The smallest absolute Gasteiger partial charge is 0.227 e. The molecule has 126 valence electrons. The normalized spacial score (nSPS) is 16.1. The maximum atomic E-state index is 13.2. The molecule has 0 saturated carbocycles. The average molecular weight is 326 g/mol. The first-order valence-corrected chi connectivity index (χ1v) is 8.44. The zero-order valence-corrected chi connectivity index (χ0v) is 14.0. The fraction of sp³-hybridized carbons (Fsp3) is 0.350. The SMILES string of the molecule is Cc1ccc(CN2CCC(C(=O)Nc3cccc(F)c3)CC2)cc1. The Labute approximate surface area is 142 Å². The second-order valence-electron chi connectivity index (χ2n) is 6.54. The Balaban J connectivity index is 1.49. The zero-order valence-electron chi connectivity index (χ0n) is 14.0. The molecule has 1 aliphatic heterocycles. The van der Waals surface area contributed by atoms with E-state index in [0.29, 0.717) is 5.69 Å². The molecule has 1 heterocycles. The number of nitrogens with zero attached hydrogens (tertiary/aromatic N) is 1. The van der Waals surface area contributed by atoms with Crippen molar-refractivity contribution in [1.82, 2.24) is 4.90 Å². The Kier molecular flexibility index (Phi) is 5.26. The molecule has 0 radical (unpaired) electrons. The number of halogens is 1. The number of benzene rings is 2. The highest BCUT2D eigenvalue weighted by molar-refractivity contribution is 5.92. The van der Waals surface area contributed by atoms with Gasteiger partial charge in [-0.25, -0.2) is 4.39 Å². The molecule has 0 aliphatic carbocycles. The van der Waals surface area contributed by atoms with Gasteiger partial charge in [-0.15, -0.1) is 0 Å². The lowest BCUT2D eigenvalue weighted by Gasteiger charge is -2.31. The summed E-state index contributed by atoms with van der Waals surface area (Å²) >= 11 is 0. The van der Waals surface area contributed by atoms with Crippen LogP contribution >= 0.6 is 0 Å². The van der Waals surface area contributed by atoms with Crippen LogP contribution in [0.15, 0.2) is 48.5 Å². The molecule has 2 aromatic rings. The maximum absolute atomic E-state index is 13.2. The number of nitrogens with one attached hydrogen (secondary N) is 1. The molecule has 0 atom stereocenters. The molecule has 1 N–H and O–H groups in total. The van der Waals surface area contributed by atoms with E-state index in [-0.39, 0.29) is 17.6 Å². The largest absolute Gasteiger partial charge is 0.326 e. The van der Waals surface area contributed by atoms with Gasteiger partial charge in [0.05, 0.1) is 0 Å². The van der Waals surface area contributed by atoms with E-state index in [9.17, 15) is 9.18 Å². The van der Waals surface area contributed by atoms with Crippen LogP contribution in [0.3, 0.4) is 0 Å². The molecule has 1 fully saturated rings. The summed E-state index contributed by atoms with van der Waals surface area (Å²) in [4.78, 5) is 14.7. The van der Waals surface area contributed by atoms with E-state index in [0.717, 1.165) is 32.5 Å². The van der Waals surface area contributed by atoms with Crippen LogP contribution in [0, 0.1) is 18.7 Å². The summed E-state index contributed by atoms with van der Waals surface area (Å²) in [5, 5.41) is 2.83. The number of carbonyl (C=O) groups excluding carboxylic acids is 1. The highest BCUT2D eigenvalue weighted by Crippen LogP contribution is 2.21. The van der Waals surface area contributed by atoms with Gasteiger partial charge in [0.25, 0.3) is 0 Å². The predicted octanol–water partition coefficient (Wildman–Crippen LogP) is 3.98. The molecule has 0 bridgehead atoms. The van der Waals surface area contributed by atoms with Crippen LogP contribution in [0.5, 0.6) is 0 Å². The van der Waals surface area contributed by atoms with Gasteiger partial charge in [-0.05, 0) is 56.6 Å². The summed E-state index contributed by atoms with van der Waals surface area (Å²) < 4.78 is 13.2. The molecule has 3 rings (SSSR count). The van der Waals surface area contributed by atoms with Crippen LogP contribution in [-0.4, -0.2) is 23.9 Å². The van der Waals surface area contributed by atoms with Crippen molar-refractivity contribution < 1.29 is 9.18 Å². The van der Waals surface area contributed by atoms with Crippen LogP contribution in [0.2, 0.25) is 0 Å². The van der Waals surface area contributed by atoms with E-state index < -0.39 is 0 Å². The van der Waals surface area contributed by atoms with Crippen molar-refractivity contribution in [2.75, 3.05) is 18.4 Å². The lowest BCUT2D eigenvalue weighted by Crippen LogP contribution is -2.37. The molecule has 4 heteroatoms. The van der Waals surface area contributed by atoms with E-state index >= 15 is 0 Å². The lowest BCUT2D eigenvalue weighted by molar-refractivity contribution is -0.121. The Morgan fingerprint density at radius 1 is 1.17 bits per heavy atom. The van der Waals surface area contributed by atoms with Crippen LogP contribution < -0.4 is 5.32 Å². The second-order valence-corrected chi connectivity index (χ2v) is 6.54. The summed E-state index contributed by atoms with van der Waals surface area (Å²) in [6.45, 7) is 4.84. The van der Waals surface area contributed by atoms with Crippen LogP contribution in [0.4, 0.5) is 10.1 Å². The highest BCUT2D eigenvalue weighted by atomic mass is 19.1. The van der Waals surface area contributed by atoms with Crippen molar-refractivity contribution in [3.05, 3.63) is 65.5 Å². The first-order chi connectivity index (χ1) is 11.6. The number of aryl methyl sites for hydroxylation is 1. The third-order valence-corrected chi connectivity index (χ3v) is 4.58. The van der Waals surface area contributed by atoms with Gasteiger partial charge in [-0.2, -0.15) is 0 Å². The molecule has 1 saturated heterocycles. The molecular weight excluding hydrogens is 303 g/mol. The Morgan fingerprint density at radius 3 is 2.54 bits per heavy atom. The maximum Gasteiger partial charge on any atom is 0.227 e. The number of likely N-dealkylation sites (tertiary alicyclic amines) is 1. The summed E-state index contributed by atoms with van der Waals surface area (Å²) in [5.74, 6) is -0.334. The molecule has 3 nitrogen and oxygen atoms in total. The van der Waals surface area contributed by atoms with Crippen LogP contribution in [-0.2, 0) is 11.3 Å². The molecule has 0 aromatic heterocycles. The molecule has 1 amide bonds. The van der Waals surface area contributed by atoms with Crippen molar-refractivity contribution >= 4 is 11.6 Å². The standard InChI is InChI=1S/C20H23FN2O/c1-15-5-7-16(8-6-15)14-23-11-9-17(10-12-23)20(24)22-19-4-2-3-18(21)13-19/h2-8,13,17H,9-12,14H2,1H3,(H,22,24). The van der Waals surface area contributed by atoms with Crippen molar-refractivity contribution in [3.63, 3.8) is 0 Å². The molecular formula is C20H23FN2O. The first-order valence-electron chi connectivity index (χ1n) is 8.44. The van der Waals surface area contributed by atoms with Gasteiger partial charge >= 0.3 is 0 Å². The van der Waals surface area contributed by atoms with Crippen molar-refractivity contribution in [1.29, 1.82) is 0 Å². The van der Waals surface area contributed by atoms with E-state index in [1.54, 1.807) is 12.1 Å². The average Bonchev–Trinajstić information content (AvgIpc) is 2.57. The highest BCUT2D eigenvalue weighted by Gasteiger charge is 2.25. The van der Waals surface area contributed by atoms with Gasteiger partial charge in [0.15, 0.2) is 0 Å². The summed E-state index contributed by atoms with van der Waals surface area (Å²) in [6, 6.07) is 14.6. The van der Waals surface area contributed by atoms with Gasteiger partial charge < -0.3 is 5.32 Å². The molecule has 0 unspecified atom stereocenters. The molecule has 0 spiro atoms. The third kappa shape index (κ3) is 4.42. The fourth-order valence-electron chi connectivity index (χ4n) is 3.12. The minimum absolute atomic E-state index is 0.00235. The van der Waals surface area contributed by atoms with Crippen molar-refractivity contribution in [2.24, 2.45) is 5.92 Å². The van der Waals surface area contributed by atoms with Crippen molar-refractivity contribution in [3.8, 4) is 0 Å². The molecule has 1 aliphatic rings. The number of rotatable bonds is 4. The minimum atomic E-state index is -0.333. The van der Waals surface area contributed by atoms with Gasteiger partial charge in [-0.1, -0.05) is 35.9 Å². The Bertz CT molecular complexity index is 691. The fourth-order valence-corrected chi connectivity index (χ4v) is 3.12. The molecule has 24 heavy (non-hydrogen) atoms. The number of anilines is 1. The topological polar surface area (TPSA) is 32.3 Å². The number of hydrogen-bond acceptors (Lipinski definition) is 2. The van der Waals surface area contributed by atoms with E-state index in [1.807, 2.05) is 0 Å².